The molecule has 15 heavy (non-hydrogen) atoms. The molecule has 2 aromatic heterocycles. The number of hydrogen-bond acceptors (Lipinski definition) is 3. The molecule has 0 bridgehead atoms. The van der Waals surface area contributed by atoms with Crippen LogP contribution in [-0.2, 0) is 7.05 Å². The van der Waals surface area contributed by atoms with Crippen molar-refractivity contribution in [1.29, 1.82) is 0 Å². The predicted octanol–water partition coefficient (Wildman–Crippen LogP) is 1.13. The maximum Gasteiger partial charge on any atom is 0.0671 e. The van der Waals surface area contributed by atoms with Crippen molar-refractivity contribution in [2.45, 2.75) is 6.92 Å². The Balaban J connectivity index is 0.000000980. The highest BCUT2D eigenvalue weighted by Crippen LogP contribution is 2.20. The van der Waals surface area contributed by atoms with Crippen molar-refractivity contribution < 1.29 is 5.48 Å². The van der Waals surface area contributed by atoms with E-state index in [9.17, 15) is 0 Å². The van der Waals surface area contributed by atoms with E-state index in [0.717, 1.165) is 5.69 Å². The van der Waals surface area contributed by atoms with Crippen LogP contribution in [0.15, 0.2) is 30.7 Å². The summed E-state index contributed by atoms with van der Waals surface area (Å²) in [6, 6.07) is 3.98. The average Bonchev–Trinajstić information content (AvgIpc) is 2.47. The van der Waals surface area contributed by atoms with Gasteiger partial charge in [-0.3, -0.25) is 9.67 Å². The van der Waals surface area contributed by atoms with Gasteiger partial charge in [0.15, 0.2) is 0 Å². The Morgan fingerprint density at radius 2 is 1.80 bits per heavy atom. The molecular formula is C10H16N4O. The lowest BCUT2D eigenvalue weighted by atomic mass is 10.1. The highest BCUT2D eigenvalue weighted by atomic mass is 16.0. The van der Waals surface area contributed by atoms with Crippen molar-refractivity contribution in [1.82, 2.24) is 20.9 Å². The lowest BCUT2D eigenvalue weighted by Gasteiger charge is -1.95. The second kappa shape index (κ2) is 5.23. The molecule has 2 heterocycles. The SMILES string of the molecule is Cc1nn(C)cc1-c1ccncc1.N.O. The lowest BCUT2D eigenvalue weighted by Crippen LogP contribution is -1.86. The number of pyridine rings is 1. The lowest BCUT2D eigenvalue weighted by molar-refractivity contribution is 0.756. The molecule has 0 spiro atoms. The van der Waals surface area contributed by atoms with Crippen LogP contribution in [0.5, 0.6) is 0 Å². The summed E-state index contributed by atoms with van der Waals surface area (Å²) in [5.74, 6) is 0. The van der Waals surface area contributed by atoms with E-state index in [2.05, 4.69) is 10.1 Å². The quantitative estimate of drug-likeness (QED) is 0.760. The first kappa shape index (κ1) is 13.3. The number of rotatable bonds is 1. The van der Waals surface area contributed by atoms with Gasteiger partial charge in [-0.2, -0.15) is 5.10 Å². The highest BCUT2D eigenvalue weighted by Gasteiger charge is 2.04. The summed E-state index contributed by atoms with van der Waals surface area (Å²) in [6.07, 6.45) is 5.61. The summed E-state index contributed by atoms with van der Waals surface area (Å²) in [7, 11) is 1.93. The largest absolute Gasteiger partial charge is 0.412 e. The van der Waals surface area contributed by atoms with Gasteiger partial charge in [-0.05, 0) is 24.6 Å². The third kappa shape index (κ3) is 2.61. The summed E-state index contributed by atoms with van der Waals surface area (Å²) in [5, 5.41) is 4.28. The van der Waals surface area contributed by atoms with Gasteiger partial charge < -0.3 is 11.6 Å². The maximum absolute atomic E-state index is 4.28. The minimum Gasteiger partial charge on any atom is -0.412 e. The first-order valence-corrected chi connectivity index (χ1v) is 4.18. The van der Waals surface area contributed by atoms with Crippen molar-refractivity contribution >= 4 is 0 Å². The van der Waals surface area contributed by atoms with Gasteiger partial charge in [-0.15, -0.1) is 0 Å². The Morgan fingerprint density at radius 1 is 1.20 bits per heavy atom. The van der Waals surface area contributed by atoms with Crippen LogP contribution < -0.4 is 6.15 Å². The average molecular weight is 208 g/mol. The summed E-state index contributed by atoms with van der Waals surface area (Å²) in [4.78, 5) is 3.98. The molecule has 2 rings (SSSR count). The van der Waals surface area contributed by atoms with E-state index in [1.807, 2.05) is 37.0 Å². The molecule has 5 N–H and O–H groups in total. The van der Waals surface area contributed by atoms with Gasteiger partial charge in [0, 0.05) is 31.2 Å². The standard InChI is InChI=1S/C10H11N3.H3N.H2O/c1-8-10(7-13(2)12-8)9-3-5-11-6-4-9;;/h3-7H,1-2H3;1H3;1H2. The Kier molecular flexibility index (Phi) is 4.63. The second-order valence-electron chi connectivity index (χ2n) is 3.04. The third-order valence-electron chi connectivity index (χ3n) is 2.00. The first-order chi connectivity index (χ1) is 6.27. The van der Waals surface area contributed by atoms with Gasteiger partial charge in [-0.25, -0.2) is 0 Å². The zero-order valence-corrected chi connectivity index (χ0v) is 8.94. The molecule has 0 atom stereocenters. The van der Waals surface area contributed by atoms with Crippen LogP contribution in [0.1, 0.15) is 5.69 Å². The molecule has 0 unspecified atom stereocenters. The van der Waals surface area contributed by atoms with E-state index in [1.165, 1.54) is 11.1 Å². The van der Waals surface area contributed by atoms with Crippen molar-refractivity contribution in [3.63, 3.8) is 0 Å². The Hall–Kier alpha value is -1.72. The Morgan fingerprint density at radius 3 is 2.27 bits per heavy atom. The minimum atomic E-state index is 0. The predicted molar refractivity (Wildman–Crippen MR) is 59.8 cm³/mol. The van der Waals surface area contributed by atoms with Crippen molar-refractivity contribution in [3.8, 4) is 11.1 Å². The number of aryl methyl sites for hydroxylation is 2. The molecule has 5 nitrogen and oxygen atoms in total. The summed E-state index contributed by atoms with van der Waals surface area (Å²) in [5.41, 5.74) is 3.39. The van der Waals surface area contributed by atoms with Crippen molar-refractivity contribution in [2.75, 3.05) is 0 Å². The fraction of sp³-hybridized carbons (Fsp3) is 0.200. The van der Waals surface area contributed by atoms with Gasteiger partial charge in [0.25, 0.3) is 0 Å². The van der Waals surface area contributed by atoms with Crippen LogP contribution >= 0.6 is 0 Å². The van der Waals surface area contributed by atoms with Gasteiger partial charge in [-0.1, -0.05) is 0 Å². The minimum absolute atomic E-state index is 0. The maximum atomic E-state index is 4.28. The molecule has 0 radical (unpaired) electrons. The highest BCUT2D eigenvalue weighted by molar-refractivity contribution is 5.64. The molecule has 0 amide bonds. The van der Waals surface area contributed by atoms with Gasteiger partial charge in [0.05, 0.1) is 5.69 Å². The molecule has 0 aliphatic rings. The van der Waals surface area contributed by atoms with Crippen LogP contribution in [0, 0.1) is 6.92 Å². The van der Waals surface area contributed by atoms with E-state index in [0.29, 0.717) is 0 Å². The van der Waals surface area contributed by atoms with E-state index >= 15 is 0 Å². The molecular weight excluding hydrogens is 192 g/mol. The van der Waals surface area contributed by atoms with Gasteiger partial charge in [0.2, 0.25) is 0 Å². The third-order valence-corrected chi connectivity index (χ3v) is 2.00. The zero-order chi connectivity index (χ0) is 9.26. The molecule has 0 aliphatic carbocycles. The monoisotopic (exact) mass is 208 g/mol. The van der Waals surface area contributed by atoms with Crippen LogP contribution in [-0.4, -0.2) is 20.2 Å². The fourth-order valence-corrected chi connectivity index (χ4v) is 1.41. The zero-order valence-electron chi connectivity index (χ0n) is 8.94. The van der Waals surface area contributed by atoms with Crippen molar-refractivity contribution in [3.05, 3.63) is 36.4 Å². The molecule has 0 saturated carbocycles. The molecule has 5 heteroatoms. The smallest absolute Gasteiger partial charge is 0.0671 e. The second-order valence-corrected chi connectivity index (χ2v) is 3.04. The topological polar surface area (TPSA) is 97.2 Å². The molecule has 0 aliphatic heterocycles. The van der Waals surface area contributed by atoms with Gasteiger partial charge >= 0.3 is 0 Å². The first-order valence-electron chi connectivity index (χ1n) is 4.18. The van der Waals surface area contributed by atoms with Crippen LogP contribution in [0.2, 0.25) is 0 Å². The number of hydrogen-bond donors (Lipinski definition) is 1. The molecule has 2 aromatic rings. The van der Waals surface area contributed by atoms with Crippen molar-refractivity contribution in [2.24, 2.45) is 7.05 Å². The normalized spacial score (nSPS) is 8.93. The number of nitrogens with zero attached hydrogens (tertiary/aromatic N) is 3. The van der Waals surface area contributed by atoms with Crippen LogP contribution in [0.4, 0.5) is 0 Å². The Labute approximate surface area is 88.7 Å². The Bertz CT molecular complexity index is 411. The summed E-state index contributed by atoms with van der Waals surface area (Å²) < 4.78 is 1.82. The molecule has 0 saturated heterocycles. The van der Waals surface area contributed by atoms with Crippen LogP contribution in [0.25, 0.3) is 11.1 Å². The molecule has 0 fully saturated rings. The number of aromatic nitrogens is 3. The van der Waals surface area contributed by atoms with E-state index in [1.54, 1.807) is 12.4 Å². The summed E-state index contributed by atoms with van der Waals surface area (Å²) >= 11 is 0. The summed E-state index contributed by atoms with van der Waals surface area (Å²) in [6.45, 7) is 2.01. The molecule has 82 valence electrons. The van der Waals surface area contributed by atoms with E-state index in [-0.39, 0.29) is 11.6 Å². The van der Waals surface area contributed by atoms with Crippen LogP contribution in [0.3, 0.4) is 0 Å². The van der Waals surface area contributed by atoms with E-state index < -0.39 is 0 Å². The van der Waals surface area contributed by atoms with E-state index in [4.69, 9.17) is 0 Å². The van der Waals surface area contributed by atoms with Gasteiger partial charge in [0.1, 0.15) is 0 Å². The molecule has 0 aromatic carbocycles. The fourth-order valence-electron chi connectivity index (χ4n) is 1.41.